The molecule has 1 rings (SSSR count). The van der Waals surface area contributed by atoms with E-state index in [9.17, 15) is 26.7 Å². The van der Waals surface area contributed by atoms with Gasteiger partial charge in [0.15, 0.2) is 0 Å². The second-order valence-corrected chi connectivity index (χ2v) is 3.83. The Balaban J connectivity index is 2.53. The van der Waals surface area contributed by atoms with Crippen molar-refractivity contribution in [3.8, 4) is 0 Å². The van der Waals surface area contributed by atoms with Gasteiger partial charge in [-0.05, 0) is 18.6 Å². The standard InChI is InChI=1S/C11H11F5N2O/c1-6-2-8(13)9(3-7(6)12)17-4-10(19)18-5-11(14,15)16/h2-3,17H,4-5H2,1H3,(H,18,19). The number of halogens is 5. The molecule has 0 fully saturated rings. The lowest BCUT2D eigenvalue weighted by atomic mass is 10.2. The molecule has 0 unspecified atom stereocenters. The van der Waals surface area contributed by atoms with Crippen LogP contribution >= 0.6 is 0 Å². The molecule has 0 aliphatic rings. The van der Waals surface area contributed by atoms with E-state index in [1.165, 1.54) is 6.92 Å². The highest BCUT2D eigenvalue weighted by atomic mass is 19.4. The van der Waals surface area contributed by atoms with Gasteiger partial charge in [0.25, 0.3) is 0 Å². The summed E-state index contributed by atoms with van der Waals surface area (Å²) in [4.78, 5) is 11.0. The van der Waals surface area contributed by atoms with E-state index in [4.69, 9.17) is 0 Å². The van der Waals surface area contributed by atoms with Crippen LogP contribution in [0.5, 0.6) is 0 Å². The van der Waals surface area contributed by atoms with Crippen LogP contribution in [0.4, 0.5) is 27.6 Å². The van der Waals surface area contributed by atoms with E-state index in [1.807, 2.05) is 0 Å². The first-order chi connectivity index (χ1) is 8.69. The van der Waals surface area contributed by atoms with Crippen LogP contribution in [0.1, 0.15) is 5.56 Å². The molecule has 0 bridgehead atoms. The van der Waals surface area contributed by atoms with E-state index >= 15 is 0 Å². The first kappa shape index (κ1) is 15.2. The molecule has 1 aromatic rings. The Kier molecular flexibility index (Phi) is 4.68. The largest absolute Gasteiger partial charge is 0.405 e. The lowest BCUT2D eigenvalue weighted by Gasteiger charge is -2.10. The normalized spacial score (nSPS) is 11.3. The highest BCUT2D eigenvalue weighted by Crippen LogP contribution is 2.18. The van der Waals surface area contributed by atoms with Crippen molar-refractivity contribution in [1.82, 2.24) is 5.32 Å². The average Bonchev–Trinajstić information content (AvgIpc) is 2.28. The van der Waals surface area contributed by atoms with E-state index in [0.717, 1.165) is 12.1 Å². The van der Waals surface area contributed by atoms with Gasteiger partial charge < -0.3 is 10.6 Å². The molecule has 0 aliphatic carbocycles. The minimum absolute atomic E-state index is 0.0876. The predicted octanol–water partition coefficient (Wildman–Crippen LogP) is 2.36. The molecule has 0 atom stereocenters. The van der Waals surface area contributed by atoms with Gasteiger partial charge in [0.1, 0.15) is 18.2 Å². The number of hydrogen-bond acceptors (Lipinski definition) is 2. The molecule has 0 heterocycles. The Morgan fingerprint density at radius 1 is 1.21 bits per heavy atom. The molecule has 0 radical (unpaired) electrons. The summed E-state index contributed by atoms with van der Waals surface area (Å²) < 4.78 is 61.8. The van der Waals surface area contributed by atoms with Gasteiger partial charge in [-0.25, -0.2) is 8.78 Å². The van der Waals surface area contributed by atoms with Crippen molar-refractivity contribution in [3.63, 3.8) is 0 Å². The average molecular weight is 282 g/mol. The molecule has 0 saturated carbocycles. The summed E-state index contributed by atoms with van der Waals surface area (Å²) in [6, 6.07) is 1.76. The zero-order valence-corrected chi connectivity index (χ0v) is 9.87. The SMILES string of the molecule is Cc1cc(F)c(NCC(=O)NCC(F)(F)F)cc1F. The summed E-state index contributed by atoms with van der Waals surface area (Å²) in [5.74, 6) is -2.44. The summed E-state index contributed by atoms with van der Waals surface area (Å²) in [7, 11) is 0. The number of anilines is 1. The van der Waals surface area contributed by atoms with Crippen LogP contribution in [0, 0.1) is 18.6 Å². The van der Waals surface area contributed by atoms with Crippen molar-refractivity contribution in [2.24, 2.45) is 0 Å². The molecule has 1 aromatic carbocycles. The molecule has 0 saturated heterocycles. The number of aryl methyl sites for hydroxylation is 1. The van der Waals surface area contributed by atoms with Crippen molar-refractivity contribution >= 4 is 11.6 Å². The lowest BCUT2D eigenvalue weighted by molar-refractivity contribution is -0.137. The highest BCUT2D eigenvalue weighted by Gasteiger charge is 2.27. The minimum Gasteiger partial charge on any atom is -0.374 e. The molecule has 1 amide bonds. The molecule has 0 aromatic heterocycles. The quantitative estimate of drug-likeness (QED) is 0.832. The minimum atomic E-state index is -4.52. The number of alkyl halides is 3. The first-order valence-electron chi connectivity index (χ1n) is 5.22. The zero-order valence-electron chi connectivity index (χ0n) is 9.87. The van der Waals surface area contributed by atoms with Gasteiger partial charge in [0.05, 0.1) is 12.2 Å². The van der Waals surface area contributed by atoms with Crippen LogP contribution in [0.2, 0.25) is 0 Å². The summed E-state index contributed by atoms with van der Waals surface area (Å²) in [5.41, 5.74) is -0.199. The fraction of sp³-hybridized carbons (Fsp3) is 0.364. The van der Waals surface area contributed by atoms with E-state index in [0.29, 0.717) is 0 Å². The Labute approximate surface area is 105 Å². The number of rotatable bonds is 4. The van der Waals surface area contributed by atoms with Crippen LogP contribution in [-0.4, -0.2) is 25.2 Å². The van der Waals surface area contributed by atoms with E-state index in [1.54, 1.807) is 5.32 Å². The number of nitrogens with one attached hydrogen (secondary N) is 2. The molecule has 19 heavy (non-hydrogen) atoms. The van der Waals surface area contributed by atoms with Crippen molar-refractivity contribution in [1.29, 1.82) is 0 Å². The van der Waals surface area contributed by atoms with Crippen LogP contribution in [0.3, 0.4) is 0 Å². The topological polar surface area (TPSA) is 41.1 Å². The van der Waals surface area contributed by atoms with E-state index in [-0.39, 0.29) is 11.3 Å². The molecule has 3 nitrogen and oxygen atoms in total. The second-order valence-electron chi connectivity index (χ2n) is 3.83. The fourth-order valence-corrected chi connectivity index (χ4v) is 1.22. The Bertz CT molecular complexity index is 473. The van der Waals surface area contributed by atoms with Crippen LogP contribution in [0.15, 0.2) is 12.1 Å². The molecule has 2 N–H and O–H groups in total. The van der Waals surface area contributed by atoms with E-state index in [2.05, 4.69) is 5.32 Å². The molecule has 8 heteroatoms. The highest BCUT2D eigenvalue weighted by molar-refractivity contribution is 5.80. The third-order valence-corrected chi connectivity index (χ3v) is 2.17. The number of carbonyl (C=O) groups excluding carboxylic acids is 1. The maximum Gasteiger partial charge on any atom is 0.405 e. The summed E-state index contributed by atoms with van der Waals surface area (Å²) in [6.45, 7) is -0.702. The molecule has 0 spiro atoms. The van der Waals surface area contributed by atoms with Gasteiger partial charge in [-0.15, -0.1) is 0 Å². The van der Waals surface area contributed by atoms with E-state index < -0.39 is 36.8 Å². The smallest absolute Gasteiger partial charge is 0.374 e. The van der Waals surface area contributed by atoms with Gasteiger partial charge in [0.2, 0.25) is 5.91 Å². The summed E-state index contributed by atoms with van der Waals surface area (Å²) in [6.07, 6.45) is -4.52. The first-order valence-corrected chi connectivity index (χ1v) is 5.22. The number of amides is 1. The lowest BCUT2D eigenvalue weighted by Crippen LogP contribution is -2.37. The number of hydrogen-bond donors (Lipinski definition) is 2. The number of benzene rings is 1. The van der Waals surface area contributed by atoms with Gasteiger partial charge >= 0.3 is 6.18 Å². The van der Waals surface area contributed by atoms with Crippen molar-refractivity contribution in [2.45, 2.75) is 13.1 Å². The number of carbonyl (C=O) groups is 1. The summed E-state index contributed by atoms with van der Waals surface area (Å²) >= 11 is 0. The van der Waals surface area contributed by atoms with Crippen molar-refractivity contribution < 1.29 is 26.7 Å². The second kappa shape index (κ2) is 5.85. The molecule has 106 valence electrons. The molecular formula is C11H11F5N2O. The Morgan fingerprint density at radius 3 is 2.42 bits per heavy atom. The third-order valence-electron chi connectivity index (χ3n) is 2.17. The third kappa shape index (κ3) is 5.11. The maximum absolute atomic E-state index is 13.3. The Morgan fingerprint density at radius 2 is 1.84 bits per heavy atom. The van der Waals surface area contributed by atoms with Crippen molar-refractivity contribution in [3.05, 3.63) is 29.3 Å². The van der Waals surface area contributed by atoms with Crippen molar-refractivity contribution in [2.75, 3.05) is 18.4 Å². The van der Waals surface area contributed by atoms with Gasteiger partial charge in [-0.3, -0.25) is 4.79 Å². The van der Waals surface area contributed by atoms with Crippen LogP contribution in [0.25, 0.3) is 0 Å². The molecule has 0 aliphatic heterocycles. The summed E-state index contributed by atoms with van der Waals surface area (Å²) in [5, 5.41) is 3.82. The van der Waals surface area contributed by atoms with Crippen LogP contribution < -0.4 is 10.6 Å². The van der Waals surface area contributed by atoms with Gasteiger partial charge in [0, 0.05) is 6.07 Å². The monoisotopic (exact) mass is 282 g/mol. The zero-order chi connectivity index (χ0) is 14.6. The fourth-order valence-electron chi connectivity index (χ4n) is 1.22. The Hall–Kier alpha value is -1.86. The molecular weight excluding hydrogens is 271 g/mol. The van der Waals surface area contributed by atoms with Crippen LogP contribution in [-0.2, 0) is 4.79 Å². The van der Waals surface area contributed by atoms with Gasteiger partial charge in [-0.1, -0.05) is 0 Å². The predicted molar refractivity (Wildman–Crippen MR) is 58.6 cm³/mol. The maximum atomic E-state index is 13.3. The van der Waals surface area contributed by atoms with Gasteiger partial charge in [-0.2, -0.15) is 13.2 Å².